The van der Waals surface area contributed by atoms with Gasteiger partial charge in [-0.05, 0) is 43.7 Å². The van der Waals surface area contributed by atoms with E-state index in [1.54, 1.807) is 9.80 Å². The number of aryl methyl sites for hydroxylation is 2. The topological polar surface area (TPSA) is 61.9 Å². The lowest BCUT2D eigenvalue weighted by atomic mass is 10.1. The summed E-state index contributed by atoms with van der Waals surface area (Å²) in [4.78, 5) is 28.2. The van der Waals surface area contributed by atoms with Crippen LogP contribution in [-0.2, 0) is 4.79 Å². The molecule has 2 heterocycles. The first kappa shape index (κ1) is 18.3. The second kappa shape index (κ2) is 7.54. The second-order valence-corrected chi connectivity index (χ2v) is 7.65. The highest BCUT2D eigenvalue weighted by Gasteiger charge is 2.36. The normalized spacial score (nSPS) is 19.5. The summed E-state index contributed by atoms with van der Waals surface area (Å²) in [7, 11) is 0. The first-order valence-corrected chi connectivity index (χ1v) is 9.64. The number of urea groups is 1. The highest BCUT2D eigenvalue weighted by molar-refractivity contribution is 5.96. The molecule has 0 aromatic heterocycles. The van der Waals surface area contributed by atoms with E-state index in [0.29, 0.717) is 26.1 Å². The van der Waals surface area contributed by atoms with Crippen molar-refractivity contribution in [2.24, 2.45) is 0 Å². The van der Waals surface area contributed by atoms with Crippen LogP contribution >= 0.6 is 0 Å². The number of anilines is 1. The number of hydrogen-bond donors (Lipinski definition) is 1. The van der Waals surface area contributed by atoms with Gasteiger partial charge < -0.3 is 19.9 Å². The molecule has 6 heteroatoms. The quantitative estimate of drug-likeness (QED) is 0.889. The second-order valence-electron chi connectivity index (χ2n) is 7.65. The molecule has 2 aromatic rings. The maximum atomic E-state index is 12.5. The predicted octanol–water partition coefficient (Wildman–Crippen LogP) is 2.88. The molecule has 146 valence electrons. The van der Waals surface area contributed by atoms with Crippen molar-refractivity contribution in [3.8, 4) is 5.75 Å². The number of carbonyl (C=O) groups is 2. The summed E-state index contributed by atoms with van der Waals surface area (Å²) in [6, 6.07) is 15.5. The molecule has 6 nitrogen and oxygen atoms in total. The summed E-state index contributed by atoms with van der Waals surface area (Å²) in [5.41, 5.74) is 3.18. The van der Waals surface area contributed by atoms with Crippen molar-refractivity contribution < 1.29 is 14.3 Å². The maximum absolute atomic E-state index is 12.5. The molecule has 0 saturated carbocycles. The zero-order valence-electron chi connectivity index (χ0n) is 16.2. The van der Waals surface area contributed by atoms with E-state index in [9.17, 15) is 9.59 Å². The molecule has 2 aliphatic heterocycles. The number of likely N-dealkylation sites (tertiary alicyclic amines) is 1. The molecule has 2 fully saturated rings. The summed E-state index contributed by atoms with van der Waals surface area (Å²) < 4.78 is 5.90. The minimum atomic E-state index is -0.168. The smallest absolute Gasteiger partial charge is 0.317 e. The third-order valence-electron chi connectivity index (χ3n) is 5.23. The molecule has 3 amide bonds. The lowest BCUT2D eigenvalue weighted by Gasteiger charge is -2.39. The molecule has 1 N–H and O–H groups in total. The fourth-order valence-corrected chi connectivity index (χ4v) is 3.60. The van der Waals surface area contributed by atoms with Crippen LogP contribution < -0.4 is 15.0 Å². The zero-order valence-corrected chi connectivity index (χ0v) is 16.2. The molecular formula is C22H25N3O3. The van der Waals surface area contributed by atoms with E-state index in [2.05, 4.69) is 5.32 Å². The van der Waals surface area contributed by atoms with Crippen LogP contribution in [0.4, 0.5) is 10.5 Å². The monoisotopic (exact) mass is 379 g/mol. The summed E-state index contributed by atoms with van der Waals surface area (Å²) in [5.74, 6) is 0.874. The van der Waals surface area contributed by atoms with Gasteiger partial charge in [0, 0.05) is 18.7 Å². The Hall–Kier alpha value is -3.02. The van der Waals surface area contributed by atoms with Gasteiger partial charge in [-0.25, -0.2) is 4.79 Å². The van der Waals surface area contributed by atoms with Crippen molar-refractivity contribution >= 4 is 17.6 Å². The molecule has 2 saturated heterocycles. The van der Waals surface area contributed by atoms with Crippen molar-refractivity contribution in [3.63, 3.8) is 0 Å². The van der Waals surface area contributed by atoms with Crippen molar-refractivity contribution in [1.29, 1.82) is 0 Å². The van der Waals surface area contributed by atoms with Crippen LogP contribution in [-0.4, -0.2) is 48.6 Å². The maximum Gasteiger partial charge on any atom is 0.317 e. The predicted molar refractivity (Wildman–Crippen MR) is 108 cm³/mol. The van der Waals surface area contributed by atoms with Gasteiger partial charge in [0.2, 0.25) is 5.91 Å². The van der Waals surface area contributed by atoms with E-state index in [0.717, 1.165) is 22.6 Å². The average Bonchev–Trinajstić information content (AvgIpc) is 2.98. The number of ether oxygens (including phenoxy) is 1. The van der Waals surface area contributed by atoms with E-state index in [-0.39, 0.29) is 24.1 Å². The average molecular weight is 379 g/mol. The Balaban J connectivity index is 1.26. The summed E-state index contributed by atoms with van der Waals surface area (Å²) in [5, 5.41) is 2.98. The Morgan fingerprint density at radius 2 is 1.79 bits per heavy atom. The SMILES string of the molecule is Cc1ccc(N2C[C@@H](NC(=O)N3CC(Oc4cccc(C)c4)C3)CC2=O)cc1. The Labute approximate surface area is 165 Å². The van der Waals surface area contributed by atoms with Gasteiger partial charge in [-0.3, -0.25) is 4.79 Å². The van der Waals surface area contributed by atoms with E-state index in [1.807, 2.05) is 62.4 Å². The molecular weight excluding hydrogens is 354 g/mol. The van der Waals surface area contributed by atoms with Gasteiger partial charge in [-0.1, -0.05) is 29.8 Å². The summed E-state index contributed by atoms with van der Waals surface area (Å²) >= 11 is 0. The van der Waals surface area contributed by atoms with Crippen LogP contribution in [0.2, 0.25) is 0 Å². The van der Waals surface area contributed by atoms with Crippen LogP contribution in [0, 0.1) is 13.8 Å². The van der Waals surface area contributed by atoms with E-state index in [4.69, 9.17) is 4.74 Å². The highest BCUT2D eigenvalue weighted by Crippen LogP contribution is 2.23. The fraction of sp³-hybridized carbons (Fsp3) is 0.364. The van der Waals surface area contributed by atoms with Gasteiger partial charge in [-0.15, -0.1) is 0 Å². The largest absolute Gasteiger partial charge is 0.487 e. The Morgan fingerprint density at radius 1 is 1.04 bits per heavy atom. The third kappa shape index (κ3) is 3.96. The first-order chi connectivity index (χ1) is 13.5. The number of carbonyl (C=O) groups excluding carboxylic acids is 2. The van der Waals surface area contributed by atoms with E-state index < -0.39 is 0 Å². The van der Waals surface area contributed by atoms with Crippen molar-refractivity contribution in [3.05, 3.63) is 59.7 Å². The summed E-state index contributed by atoms with van der Waals surface area (Å²) in [6.45, 7) is 5.66. The van der Waals surface area contributed by atoms with Crippen LogP contribution in [0.3, 0.4) is 0 Å². The number of hydrogen-bond acceptors (Lipinski definition) is 3. The molecule has 4 rings (SSSR count). The molecule has 0 aliphatic carbocycles. The van der Waals surface area contributed by atoms with E-state index in [1.165, 1.54) is 0 Å². The van der Waals surface area contributed by atoms with Crippen LogP contribution in [0.25, 0.3) is 0 Å². The van der Waals surface area contributed by atoms with Gasteiger partial charge in [0.1, 0.15) is 11.9 Å². The minimum absolute atomic E-state index is 0.0156. The van der Waals surface area contributed by atoms with Gasteiger partial charge in [0.05, 0.1) is 19.1 Å². The zero-order chi connectivity index (χ0) is 19.7. The van der Waals surface area contributed by atoms with Crippen LogP contribution in [0.5, 0.6) is 5.75 Å². The number of nitrogens with zero attached hydrogens (tertiary/aromatic N) is 2. The third-order valence-corrected chi connectivity index (χ3v) is 5.23. The Bertz CT molecular complexity index is 875. The van der Waals surface area contributed by atoms with Crippen LogP contribution in [0.1, 0.15) is 17.5 Å². The molecule has 2 aliphatic rings. The molecule has 28 heavy (non-hydrogen) atoms. The van der Waals surface area contributed by atoms with Gasteiger partial charge in [-0.2, -0.15) is 0 Å². The number of rotatable bonds is 4. The number of nitrogens with one attached hydrogen (secondary N) is 1. The lowest BCUT2D eigenvalue weighted by molar-refractivity contribution is -0.117. The number of benzene rings is 2. The lowest BCUT2D eigenvalue weighted by Crippen LogP contribution is -2.60. The Kier molecular flexibility index (Phi) is 4.94. The summed E-state index contributed by atoms with van der Waals surface area (Å²) in [6.07, 6.45) is 0.346. The molecule has 0 unspecified atom stereocenters. The first-order valence-electron chi connectivity index (χ1n) is 9.64. The van der Waals surface area contributed by atoms with E-state index >= 15 is 0 Å². The molecule has 0 spiro atoms. The van der Waals surface area contributed by atoms with Gasteiger partial charge in [0.15, 0.2) is 0 Å². The van der Waals surface area contributed by atoms with Crippen molar-refractivity contribution in [2.75, 3.05) is 24.5 Å². The molecule has 1 atom stereocenters. The van der Waals surface area contributed by atoms with Crippen LogP contribution in [0.15, 0.2) is 48.5 Å². The number of amides is 3. The molecule has 0 bridgehead atoms. The molecule has 2 aromatic carbocycles. The van der Waals surface area contributed by atoms with Crippen molar-refractivity contribution in [1.82, 2.24) is 10.2 Å². The van der Waals surface area contributed by atoms with Gasteiger partial charge in [0.25, 0.3) is 0 Å². The molecule has 0 radical (unpaired) electrons. The fourth-order valence-electron chi connectivity index (χ4n) is 3.60. The standard InChI is InChI=1S/C22H25N3O3/c1-15-6-8-18(9-7-15)25-12-17(11-21(25)26)23-22(27)24-13-20(14-24)28-19-5-3-4-16(2)10-19/h3-10,17,20H,11-14H2,1-2H3,(H,23,27)/t17-/m0/s1. The highest BCUT2D eigenvalue weighted by atomic mass is 16.5. The Morgan fingerprint density at radius 3 is 2.50 bits per heavy atom. The van der Waals surface area contributed by atoms with Gasteiger partial charge >= 0.3 is 6.03 Å². The minimum Gasteiger partial charge on any atom is -0.487 e. The van der Waals surface area contributed by atoms with Crippen molar-refractivity contribution in [2.45, 2.75) is 32.4 Å².